The van der Waals surface area contributed by atoms with Crippen molar-refractivity contribution in [3.8, 4) is 11.5 Å². The van der Waals surface area contributed by atoms with Crippen LogP contribution in [-0.4, -0.2) is 44.7 Å². The number of carbonyl (C=O) groups excluding carboxylic acids is 2. The van der Waals surface area contributed by atoms with Crippen LogP contribution in [0.4, 0.5) is 0 Å². The van der Waals surface area contributed by atoms with Gasteiger partial charge in [-0.05, 0) is 66.6 Å². The predicted octanol–water partition coefficient (Wildman–Crippen LogP) is 3.40. The van der Waals surface area contributed by atoms with E-state index in [4.69, 9.17) is 14.2 Å². The first-order chi connectivity index (χ1) is 14.0. The highest BCUT2D eigenvalue weighted by Gasteiger charge is 2.22. The van der Waals surface area contributed by atoms with Gasteiger partial charge in [0, 0.05) is 18.2 Å². The Morgan fingerprint density at radius 1 is 0.897 bits per heavy atom. The number of rotatable bonds is 7. The fraction of sp³-hybridized carbons (Fsp3) is 0.391. The molecule has 0 N–H and O–H groups in total. The number of esters is 1. The summed E-state index contributed by atoms with van der Waals surface area (Å²) in [7, 11) is 4.46. The molecule has 1 aliphatic rings. The third-order valence-corrected chi connectivity index (χ3v) is 5.21. The predicted molar refractivity (Wildman–Crippen MR) is 109 cm³/mol. The molecule has 0 saturated heterocycles. The molecule has 2 aromatic rings. The minimum Gasteiger partial charge on any atom is -0.497 e. The maximum Gasteiger partial charge on any atom is 0.325 e. The van der Waals surface area contributed by atoms with Gasteiger partial charge in [-0.1, -0.05) is 6.07 Å². The van der Waals surface area contributed by atoms with Crippen molar-refractivity contribution in [2.24, 2.45) is 0 Å². The fourth-order valence-corrected chi connectivity index (χ4v) is 3.65. The monoisotopic (exact) mass is 397 g/mol. The van der Waals surface area contributed by atoms with Crippen LogP contribution in [0.3, 0.4) is 0 Å². The smallest absolute Gasteiger partial charge is 0.325 e. The number of hydrogen-bond acceptors (Lipinski definition) is 5. The molecule has 0 fully saturated rings. The molecule has 1 aliphatic carbocycles. The van der Waals surface area contributed by atoms with Crippen LogP contribution in [0.1, 0.15) is 39.9 Å². The number of amides is 1. The molecule has 2 aromatic carbocycles. The third kappa shape index (κ3) is 5.08. The van der Waals surface area contributed by atoms with Crippen LogP contribution in [0, 0.1) is 0 Å². The quantitative estimate of drug-likeness (QED) is 0.670. The molecule has 0 atom stereocenters. The molecule has 0 spiro atoms. The van der Waals surface area contributed by atoms with Crippen molar-refractivity contribution in [1.82, 2.24) is 4.90 Å². The van der Waals surface area contributed by atoms with Crippen molar-refractivity contribution < 1.29 is 23.8 Å². The molecule has 0 aliphatic heterocycles. The van der Waals surface area contributed by atoms with Gasteiger partial charge < -0.3 is 19.1 Å². The summed E-state index contributed by atoms with van der Waals surface area (Å²) in [5.74, 6) is 0.578. The summed E-state index contributed by atoms with van der Waals surface area (Å²) in [6.07, 6.45) is 4.37. The van der Waals surface area contributed by atoms with E-state index in [1.54, 1.807) is 20.3 Å². The van der Waals surface area contributed by atoms with Crippen LogP contribution in [0.15, 0.2) is 36.4 Å². The highest BCUT2D eigenvalue weighted by molar-refractivity contribution is 5.96. The SMILES string of the molecule is COC(=O)CN(Cc1cc(OC)cc(OC)c1)C(=O)c1ccc2c(c1)CCCC2. The largest absolute Gasteiger partial charge is 0.497 e. The Labute approximate surface area is 171 Å². The molecule has 29 heavy (non-hydrogen) atoms. The average molecular weight is 397 g/mol. The van der Waals surface area contributed by atoms with E-state index in [-0.39, 0.29) is 19.0 Å². The molecule has 0 heterocycles. The molecule has 3 rings (SSSR count). The maximum absolute atomic E-state index is 13.3. The van der Waals surface area contributed by atoms with Gasteiger partial charge in [0.1, 0.15) is 18.0 Å². The summed E-state index contributed by atoms with van der Waals surface area (Å²) >= 11 is 0. The molecule has 0 bridgehead atoms. The normalized spacial score (nSPS) is 12.7. The lowest BCUT2D eigenvalue weighted by molar-refractivity contribution is -0.141. The molecule has 0 unspecified atom stereocenters. The summed E-state index contributed by atoms with van der Waals surface area (Å²) < 4.78 is 15.4. The van der Waals surface area contributed by atoms with Crippen molar-refractivity contribution >= 4 is 11.9 Å². The standard InChI is InChI=1S/C23H27NO5/c1-27-20-10-16(11-21(13-20)28-2)14-24(15-22(25)29-3)23(26)19-9-8-17-6-4-5-7-18(17)12-19/h8-13H,4-7,14-15H2,1-3H3. The summed E-state index contributed by atoms with van der Waals surface area (Å²) in [6.45, 7) is 0.102. The Hall–Kier alpha value is -3.02. The van der Waals surface area contributed by atoms with E-state index in [0.717, 1.165) is 24.8 Å². The van der Waals surface area contributed by atoms with Gasteiger partial charge in [-0.2, -0.15) is 0 Å². The van der Waals surface area contributed by atoms with Gasteiger partial charge in [-0.3, -0.25) is 9.59 Å². The topological polar surface area (TPSA) is 65.1 Å². The second kappa shape index (κ2) is 9.45. The first kappa shape index (κ1) is 20.7. The summed E-state index contributed by atoms with van der Waals surface area (Å²) in [4.78, 5) is 26.7. The van der Waals surface area contributed by atoms with E-state index in [0.29, 0.717) is 17.1 Å². The minimum atomic E-state index is -0.467. The van der Waals surface area contributed by atoms with Gasteiger partial charge in [0.25, 0.3) is 5.91 Å². The van der Waals surface area contributed by atoms with Crippen LogP contribution in [0.25, 0.3) is 0 Å². The van der Waals surface area contributed by atoms with Gasteiger partial charge in [-0.25, -0.2) is 0 Å². The Morgan fingerprint density at radius 3 is 2.17 bits per heavy atom. The van der Waals surface area contributed by atoms with Crippen LogP contribution >= 0.6 is 0 Å². The number of benzene rings is 2. The highest BCUT2D eigenvalue weighted by atomic mass is 16.5. The van der Waals surface area contributed by atoms with E-state index >= 15 is 0 Å². The molecule has 6 nitrogen and oxygen atoms in total. The van der Waals surface area contributed by atoms with Gasteiger partial charge >= 0.3 is 5.97 Å². The van der Waals surface area contributed by atoms with Gasteiger partial charge in [0.2, 0.25) is 0 Å². The van der Waals surface area contributed by atoms with E-state index in [9.17, 15) is 9.59 Å². The number of hydrogen-bond donors (Lipinski definition) is 0. The van der Waals surface area contributed by atoms with Gasteiger partial charge in [0.05, 0.1) is 21.3 Å². The Balaban J connectivity index is 1.89. The zero-order valence-electron chi connectivity index (χ0n) is 17.2. The van der Waals surface area contributed by atoms with Crippen LogP contribution < -0.4 is 9.47 Å². The van der Waals surface area contributed by atoms with Crippen molar-refractivity contribution in [3.05, 3.63) is 58.7 Å². The van der Waals surface area contributed by atoms with Crippen molar-refractivity contribution in [3.63, 3.8) is 0 Å². The van der Waals surface area contributed by atoms with Gasteiger partial charge in [0.15, 0.2) is 0 Å². The zero-order valence-corrected chi connectivity index (χ0v) is 17.2. The summed E-state index contributed by atoms with van der Waals surface area (Å²) in [6, 6.07) is 11.3. The Kier molecular flexibility index (Phi) is 6.75. The Bertz CT molecular complexity index is 871. The molecule has 0 radical (unpaired) electrons. The number of aryl methyl sites for hydroxylation is 2. The third-order valence-electron chi connectivity index (χ3n) is 5.21. The van der Waals surface area contributed by atoms with E-state index in [2.05, 4.69) is 0 Å². The van der Waals surface area contributed by atoms with E-state index in [1.165, 1.54) is 29.6 Å². The maximum atomic E-state index is 13.3. The van der Waals surface area contributed by atoms with Crippen LogP contribution in [-0.2, 0) is 28.9 Å². The lowest BCUT2D eigenvalue weighted by atomic mass is 9.90. The zero-order chi connectivity index (χ0) is 20.8. The van der Waals surface area contributed by atoms with Crippen LogP contribution in [0.2, 0.25) is 0 Å². The molecule has 0 saturated carbocycles. The lowest BCUT2D eigenvalue weighted by Gasteiger charge is -2.23. The van der Waals surface area contributed by atoms with Crippen molar-refractivity contribution in [1.29, 1.82) is 0 Å². The molecule has 1 amide bonds. The van der Waals surface area contributed by atoms with Crippen LogP contribution in [0.5, 0.6) is 11.5 Å². The summed E-state index contributed by atoms with van der Waals surface area (Å²) in [5, 5.41) is 0. The lowest BCUT2D eigenvalue weighted by Crippen LogP contribution is -2.36. The molecular weight excluding hydrogens is 370 g/mol. The fourth-order valence-electron chi connectivity index (χ4n) is 3.65. The Morgan fingerprint density at radius 2 is 1.55 bits per heavy atom. The van der Waals surface area contributed by atoms with Crippen molar-refractivity contribution in [2.75, 3.05) is 27.9 Å². The number of nitrogens with zero attached hydrogens (tertiary/aromatic N) is 1. The molecular formula is C23H27NO5. The average Bonchev–Trinajstić information content (AvgIpc) is 2.77. The minimum absolute atomic E-state index is 0.133. The number of methoxy groups -OCH3 is 3. The molecule has 154 valence electrons. The highest BCUT2D eigenvalue weighted by Crippen LogP contribution is 2.25. The number of ether oxygens (including phenoxy) is 3. The van der Waals surface area contributed by atoms with E-state index in [1.807, 2.05) is 30.3 Å². The van der Waals surface area contributed by atoms with Crippen molar-refractivity contribution in [2.45, 2.75) is 32.2 Å². The number of carbonyl (C=O) groups is 2. The molecule has 0 aromatic heterocycles. The van der Waals surface area contributed by atoms with E-state index < -0.39 is 5.97 Å². The van der Waals surface area contributed by atoms with Gasteiger partial charge in [-0.15, -0.1) is 0 Å². The second-order valence-electron chi connectivity index (χ2n) is 7.15. The number of fused-ring (bicyclic) bond motifs is 1. The first-order valence-electron chi connectivity index (χ1n) is 9.74. The summed E-state index contributed by atoms with van der Waals surface area (Å²) in [5.41, 5.74) is 3.92. The first-order valence-corrected chi connectivity index (χ1v) is 9.74. The second-order valence-corrected chi connectivity index (χ2v) is 7.15. The molecule has 6 heteroatoms.